The lowest BCUT2D eigenvalue weighted by atomic mass is 10.1. The molecule has 0 bridgehead atoms. The number of piperazine rings is 1. The van der Waals surface area contributed by atoms with Gasteiger partial charge < -0.3 is 10.2 Å². The van der Waals surface area contributed by atoms with Crippen LogP contribution >= 0.6 is 15.9 Å². The van der Waals surface area contributed by atoms with Crippen molar-refractivity contribution >= 4 is 27.7 Å². The molecule has 1 aliphatic rings. The Bertz CT molecular complexity index is 555. The number of carbonyl (C=O) groups is 2. The number of nitrogens with one attached hydrogen (secondary N) is 1. The van der Waals surface area contributed by atoms with Crippen LogP contribution in [0, 0.1) is 0 Å². The third-order valence-electron chi connectivity index (χ3n) is 3.68. The molecule has 0 aliphatic carbocycles. The lowest BCUT2D eigenvalue weighted by Gasteiger charge is -2.36. The number of aromatic nitrogens is 2. The summed E-state index contributed by atoms with van der Waals surface area (Å²) in [5, 5.41) is 7.09. The van der Waals surface area contributed by atoms with Crippen LogP contribution in [-0.4, -0.2) is 38.6 Å². The molecule has 2 rings (SSSR count). The maximum atomic E-state index is 12.3. The van der Waals surface area contributed by atoms with Crippen molar-refractivity contribution in [2.75, 3.05) is 0 Å². The second kappa shape index (κ2) is 5.55. The van der Waals surface area contributed by atoms with E-state index in [1.807, 2.05) is 14.0 Å². The lowest BCUT2D eigenvalue weighted by Crippen LogP contribution is -2.61. The molecule has 1 aromatic heterocycles. The third-order valence-corrected chi connectivity index (χ3v) is 4.60. The van der Waals surface area contributed by atoms with Gasteiger partial charge in [0.1, 0.15) is 12.1 Å². The van der Waals surface area contributed by atoms with Crippen molar-refractivity contribution in [3.05, 3.63) is 15.9 Å². The van der Waals surface area contributed by atoms with Crippen LogP contribution < -0.4 is 5.32 Å². The van der Waals surface area contributed by atoms with Crippen LogP contribution in [0.5, 0.6) is 0 Å². The normalized spacial score (nSPS) is 23.1. The number of hydrogen-bond acceptors (Lipinski definition) is 3. The van der Waals surface area contributed by atoms with Crippen LogP contribution in [-0.2, 0) is 29.6 Å². The van der Waals surface area contributed by atoms with Gasteiger partial charge in [-0.25, -0.2) is 0 Å². The van der Waals surface area contributed by atoms with E-state index >= 15 is 0 Å². The van der Waals surface area contributed by atoms with Crippen molar-refractivity contribution in [3.63, 3.8) is 0 Å². The summed E-state index contributed by atoms with van der Waals surface area (Å²) >= 11 is 3.54. The lowest BCUT2D eigenvalue weighted by molar-refractivity contribution is -0.148. The van der Waals surface area contributed by atoms with Crippen molar-refractivity contribution in [3.8, 4) is 0 Å². The quantitative estimate of drug-likeness (QED) is 0.890. The first kappa shape index (κ1) is 15.0. The Balaban J connectivity index is 2.30. The highest BCUT2D eigenvalue weighted by atomic mass is 79.9. The van der Waals surface area contributed by atoms with Gasteiger partial charge in [0.25, 0.3) is 0 Å². The van der Waals surface area contributed by atoms with Crippen molar-refractivity contribution in [1.29, 1.82) is 0 Å². The minimum atomic E-state index is -0.476. The first-order chi connectivity index (χ1) is 9.36. The molecule has 20 heavy (non-hydrogen) atoms. The predicted octanol–water partition coefficient (Wildman–Crippen LogP) is 0.980. The maximum Gasteiger partial charge on any atom is 0.245 e. The summed E-state index contributed by atoms with van der Waals surface area (Å²) in [6, 6.07) is -0.943. The highest BCUT2D eigenvalue weighted by Crippen LogP contribution is 2.24. The van der Waals surface area contributed by atoms with Crippen molar-refractivity contribution in [2.24, 2.45) is 7.05 Å². The van der Waals surface area contributed by atoms with Gasteiger partial charge in [0.2, 0.25) is 11.8 Å². The summed E-state index contributed by atoms with van der Waals surface area (Å²) in [6.07, 6.45) is 0.814. The number of nitrogens with zero attached hydrogens (tertiary/aromatic N) is 3. The summed E-state index contributed by atoms with van der Waals surface area (Å²) in [4.78, 5) is 25.7. The van der Waals surface area contributed by atoms with Gasteiger partial charge in [0.15, 0.2) is 0 Å². The molecular weight excluding hydrogens is 324 g/mol. The van der Waals surface area contributed by atoms with Gasteiger partial charge in [0.05, 0.1) is 22.4 Å². The monoisotopic (exact) mass is 342 g/mol. The summed E-state index contributed by atoms with van der Waals surface area (Å²) in [5.74, 6) is -0.186. The van der Waals surface area contributed by atoms with Gasteiger partial charge in [-0.1, -0.05) is 6.92 Å². The number of halogens is 1. The van der Waals surface area contributed by atoms with Gasteiger partial charge in [0, 0.05) is 7.05 Å². The van der Waals surface area contributed by atoms with E-state index in [1.54, 1.807) is 23.4 Å². The second-order valence-corrected chi connectivity index (χ2v) is 5.85. The highest BCUT2D eigenvalue weighted by molar-refractivity contribution is 9.10. The summed E-state index contributed by atoms with van der Waals surface area (Å²) < 4.78 is 2.68. The molecule has 0 spiro atoms. The molecule has 0 aromatic carbocycles. The van der Waals surface area contributed by atoms with E-state index in [9.17, 15) is 9.59 Å². The minimum absolute atomic E-state index is 0.0664. The molecule has 1 aliphatic heterocycles. The molecule has 1 saturated heterocycles. The number of aryl methyl sites for hydroxylation is 2. The van der Waals surface area contributed by atoms with Crippen molar-refractivity contribution in [2.45, 2.75) is 45.8 Å². The predicted molar refractivity (Wildman–Crippen MR) is 77.9 cm³/mol. The van der Waals surface area contributed by atoms with E-state index in [4.69, 9.17) is 0 Å². The fourth-order valence-electron chi connectivity index (χ4n) is 2.34. The molecule has 2 unspecified atom stereocenters. The Labute approximate surface area is 126 Å². The van der Waals surface area contributed by atoms with E-state index in [0.717, 1.165) is 22.3 Å². The van der Waals surface area contributed by atoms with E-state index in [0.29, 0.717) is 6.54 Å². The first-order valence-electron chi connectivity index (χ1n) is 6.67. The Morgan fingerprint density at radius 2 is 2.00 bits per heavy atom. The molecule has 110 valence electrons. The highest BCUT2D eigenvalue weighted by Gasteiger charge is 2.36. The smallest absolute Gasteiger partial charge is 0.245 e. The molecule has 2 atom stereocenters. The van der Waals surface area contributed by atoms with Crippen LogP contribution in [0.1, 0.15) is 32.2 Å². The largest absolute Gasteiger partial charge is 0.343 e. The maximum absolute atomic E-state index is 12.3. The van der Waals surface area contributed by atoms with Gasteiger partial charge >= 0.3 is 0 Å². The molecule has 1 aromatic rings. The van der Waals surface area contributed by atoms with Gasteiger partial charge in [-0.2, -0.15) is 5.10 Å². The topological polar surface area (TPSA) is 67.2 Å². The Hall–Kier alpha value is -1.37. The summed E-state index contributed by atoms with van der Waals surface area (Å²) in [6.45, 7) is 5.85. The Kier molecular flexibility index (Phi) is 4.17. The Morgan fingerprint density at radius 3 is 2.55 bits per heavy atom. The van der Waals surface area contributed by atoms with Gasteiger partial charge in [-0.15, -0.1) is 0 Å². The van der Waals surface area contributed by atoms with E-state index < -0.39 is 12.1 Å². The summed E-state index contributed by atoms with van der Waals surface area (Å²) in [5.41, 5.74) is 1.86. The molecular formula is C13H19BrN4O2. The van der Waals surface area contributed by atoms with Crippen LogP contribution in [0.4, 0.5) is 0 Å². The van der Waals surface area contributed by atoms with Gasteiger partial charge in [-0.3, -0.25) is 14.3 Å². The zero-order chi connectivity index (χ0) is 15.0. The first-order valence-corrected chi connectivity index (χ1v) is 7.47. The number of rotatable bonds is 3. The van der Waals surface area contributed by atoms with E-state index in [2.05, 4.69) is 26.3 Å². The van der Waals surface area contributed by atoms with Crippen LogP contribution in [0.25, 0.3) is 0 Å². The zero-order valence-electron chi connectivity index (χ0n) is 12.1. The number of hydrogen-bond donors (Lipinski definition) is 1. The molecule has 1 N–H and O–H groups in total. The van der Waals surface area contributed by atoms with Crippen LogP contribution in [0.2, 0.25) is 0 Å². The molecule has 2 heterocycles. The Morgan fingerprint density at radius 1 is 1.35 bits per heavy atom. The number of carbonyl (C=O) groups excluding carboxylic acids is 2. The standard InChI is InChI=1S/C13H19BrN4O2/c1-5-9-11(14)10(17(4)16-9)6-18-8(3)12(19)15-7(2)13(18)20/h7-8H,5-6H2,1-4H3,(H,15,19). The molecule has 1 fully saturated rings. The van der Waals surface area contributed by atoms with Crippen molar-refractivity contribution < 1.29 is 9.59 Å². The van der Waals surface area contributed by atoms with Crippen LogP contribution in [0.3, 0.4) is 0 Å². The van der Waals surface area contributed by atoms with Gasteiger partial charge in [-0.05, 0) is 36.2 Å². The fraction of sp³-hybridized carbons (Fsp3) is 0.615. The van der Waals surface area contributed by atoms with E-state index in [1.165, 1.54) is 0 Å². The van der Waals surface area contributed by atoms with E-state index in [-0.39, 0.29) is 11.8 Å². The molecule has 0 radical (unpaired) electrons. The minimum Gasteiger partial charge on any atom is -0.343 e. The molecule has 7 heteroatoms. The second-order valence-electron chi connectivity index (χ2n) is 5.06. The molecule has 6 nitrogen and oxygen atoms in total. The number of amides is 2. The zero-order valence-corrected chi connectivity index (χ0v) is 13.7. The molecule has 2 amide bonds. The third kappa shape index (κ3) is 2.46. The average Bonchev–Trinajstić information content (AvgIpc) is 2.68. The molecule has 0 saturated carbocycles. The summed E-state index contributed by atoms with van der Waals surface area (Å²) in [7, 11) is 1.85. The average molecular weight is 343 g/mol. The SMILES string of the molecule is CCc1nn(C)c(CN2C(=O)C(C)NC(=O)C2C)c1Br. The fourth-order valence-corrected chi connectivity index (χ4v) is 3.09. The van der Waals surface area contributed by atoms with Crippen molar-refractivity contribution in [1.82, 2.24) is 20.0 Å². The van der Waals surface area contributed by atoms with Crippen LogP contribution in [0.15, 0.2) is 4.47 Å².